The number of hydrogen-bond donors (Lipinski definition) is 3. The van der Waals surface area contributed by atoms with Gasteiger partial charge in [0.1, 0.15) is 17.8 Å². The Bertz CT molecular complexity index is 1010. The molecule has 2 amide bonds. The number of methoxy groups -OCH3 is 1. The van der Waals surface area contributed by atoms with Crippen molar-refractivity contribution < 1.29 is 19.1 Å². The zero-order valence-corrected chi connectivity index (χ0v) is 17.7. The molecule has 3 unspecified atom stereocenters. The van der Waals surface area contributed by atoms with Crippen molar-refractivity contribution in [1.29, 1.82) is 0 Å². The summed E-state index contributed by atoms with van der Waals surface area (Å²) in [6, 6.07) is 7.57. The molecule has 0 spiro atoms. The fourth-order valence-electron chi connectivity index (χ4n) is 3.09. The van der Waals surface area contributed by atoms with Crippen LogP contribution in [-0.4, -0.2) is 52.6 Å². The molecule has 1 aliphatic rings. The van der Waals surface area contributed by atoms with Crippen LogP contribution in [-0.2, 0) is 19.1 Å². The van der Waals surface area contributed by atoms with Gasteiger partial charge in [0.05, 0.1) is 5.92 Å². The van der Waals surface area contributed by atoms with Crippen LogP contribution in [0.5, 0.6) is 0 Å². The summed E-state index contributed by atoms with van der Waals surface area (Å²) in [6.45, 7) is 3.58. The summed E-state index contributed by atoms with van der Waals surface area (Å²) in [4.78, 5) is 39.6. The number of aldehydes is 1. The molecule has 3 N–H and O–H groups in total. The number of aromatic nitrogens is 1. The van der Waals surface area contributed by atoms with Crippen LogP contribution in [0.1, 0.15) is 31.7 Å². The summed E-state index contributed by atoms with van der Waals surface area (Å²) >= 11 is 1.14. The molecule has 0 radical (unpaired) electrons. The lowest BCUT2D eigenvalue weighted by Gasteiger charge is -2.23. The molecule has 1 fully saturated rings. The minimum absolute atomic E-state index is 0.0797. The number of carbonyl (C=O) groups is 3. The molecule has 1 aliphatic heterocycles. The maximum Gasteiger partial charge on any atom is 0.240 e. The molecule has 0 aliphatic carbocycles. The third-order valence-corrected chi connectivity index (χ3v) is 5.57. The number of amidine groups is 1. The number of amides is 2. The largest absolute Gasteiger partial charge is 0.361 e. The molecule has 3 rings (SSSR count). The zero-order valence-electron chi connectivity index (χ0n) is 16.8. The fourth-order valence-corrected chi connectivity index (χ4v) is 4.01. The number of benzene rings is 1. The maximum atomic E-state index is 12.6. The molecule has 0 saturated carbocycles. The lowest BCUT2D eigenvalue weighted by atomic mass is 9.98. The van der Waals surface area contributed by atoms with Crippen LogP contribution in [0.15, 0.2) is 40.7 Å². The Labute approximate surface area is 177 Å². The Morgan fingerprint density at radius 2 is 2.13 bits per heavy atom. The van der Waals surface area contributed by atoms with Crippen LogP contribution in [0.25, 0.3) is 10.9 Å². The Hall–Kier alpha value is -2.98. The van der Waals surface area contributed by atoms with Gasteiger partial charge in [-0.15, -0.1) is 5.10 Å². The summed E-state index contributed by atoms with van der Waals surface area (Å²) in [7, 11) is 1.42. The van der Waals surface area contributed by atoms with Crippen molar-refractivity contribution in [3.05, 3.63) is 36.0 Å². The van der Waals surface area contributed by atoms with Gasteiger partial charge in [-0.05, 0) is 25.5 Å². The molecule has 3 atom stereocenters. The van der Waals surface area contributed by atoms with E-state index in [9.17, 15) is 14.4 Å². The normalized spacial score (nSPS) is 19.4. The fraction of sp³-hybridized carbons (Fsp3) is 0.350. The van der Waals surface area contributed by atoms with Crippen molar-refractivity contribution in [2.75, 3.05) is 7.11 Å². The number of H-pyrrole nitrogens is 1. The van der Waals surface area contributed by atoms with E-state index in [1.807, 2.05) is 24.3 Å². The van der Waals surface area contributed by atoms with Gasteiger partial charge < -0.3 is 25.1 Å². The summed E-state index contributed by atoms with van der Waals surface area (Å²) in [5, 5.41) is 13.8. The van der Waals surface area contributed by atoms with Gasteiger partial charge in [-0.25, -0.2) is 0 Å². The highest BCUT2D eigenvalue weighted by atomic mass is 32.2. The third kappa shape index (κ3) is 4.95. The van der Waals surface area contributed by atoms with E-state index in [0.29, 0.717) is 5.17 Å². The Kier molecular flexibility index (Phi) is 7.01. The quantitative estimate of drug-likeness (QED) is 0.256. The predicted octanol–water partition coefficient (Wildman–Crippen LogP) is 1.91. The highest BCUT2D eigenvalue weighted by Gasteiger charge is 2.34. The van der Waals surface area contributed by atoms with Crippen LogP contribution >= 0.6 is 11.8 Å². The number of rotatable bonds is 8. The molecule has 2 heterocycles. The van der Waals surface area contributed by atoms with E-state index in [-0.39, 0.29) is 12.3 Å². The predicted molar refractivity (Wildman–Crippen MR) is 116 cm³/mol. The van der Waals surface area contributed by atoms with E-state index in [1.54, 1.807) is 20.0 Å². The Morgan fingerprint density at radius 3 is 2.83 bits per heavy atom. The first kappa shape index (κ1) is 21.7. The highest BCUT2D eigenvalue weighted by molar-refractivity contribution is 8.15. The average molecular weight is 430 g/mol. The number of nitrogens with zero attached hydrogens (tertiary/aromatic N) is 2. The number of fused-ring (bicyclic) bond motifs is 1. The standard InChI is InChI=1S/C20H23N5O4S/c1-11(2)24-25-20-23-18(28)16(30-20)8-17(27)22-19(29-3)14(10-26)13-9-21-15-7-5-4-6-12(13)15/h4-7,9-10,14,16,19,21H,8H2,1-3H3,(H,22,27)(H,23,25,28). The molecule has 1 aromatic heterocycles. The molecule has 1 aromatic carbocycles. The maximum absolute atomic E-state index is 12.6. The molecule has 2 aromatic rings. The van der Waals surface area contributed by atoms with Crippen molar-refractivity contribution in [1.82, 2.24) is 15.6 Å². The minimum Gasteiger partial charge on any atom is -0.361 e. The number of aromatic amines is 1. The lowest BCUT2D eigenvalue weighted by molar-refractivity contribution is -0.128. The van der Waals surface area contributed by atoms with Crippen molar-refractivity contribution >= 4 is 51.6 Å². The van der Waals surface area contributed by atoms with Gasteiger partial charge in [-0.1, -0.05) is 30.0 Å². The van der Waals surface area contributed by atoms with Crippen LogP contribution in [0, 0.1) is 0 Å². The molecular weight excluding hydrogens is 406 g/mol. The molecule has 0 bridgehead atoms. The second kappa shape index (κ2) is 9.68. The van der Waals surface area contributed by atoms with Crippen LogP contribution < -0.4 is 10.6 Å². The van der Waals surface area contributed by atoms with Gasteiger partial charge in [-0.3, -0.25) is 9.59 Å². The molecule has 158 valence electrons. The first-order valence-corrected chi connectivity index (χ1v) is 10.2. The molecule has 30 heavy (non-hydrogen) atoms. The second-order valence-corrected chi connectivity index (χ2v) is 8.12. The number of para-hydroxylation sites is 1. The van der Waals surface area contributed by atoms with E-state index in [4.69, 9.17) is 4.74 Å². The number of carbonyl (C=O) groups excluding carboxylic acids is 3. The van der Waals surface area contributed by atoms with Gasteiger partial charge in [0.15, 0.2) is 5.17 Å². The van der Waals surface area contributed by atoms with E-state index in [0.717, 1.165) is 40.2 Å². The number of thioether (sulfide) groups is 1. The zero-order chi connectivity index (χ0) is 21.7. The van der Waals surface area contributed by atoms with E-state index in [1.165, 1.54) is 7.11 Å². The molecule has 9 nitrogen and oxygen atoms in total. The molecule has 1 saturated heterocycles. The first-order chi connectivity index (χ1) is 14.4. The second-order valence-electron chi connectivity index (χ2n) is 6.93. The van der Waals surface area contributed by atoms with E-state index < -0.39 is 23.3 Å². The van der Waals surface area contributed by atoms with Crippen molar-refractivity contribution in [3.8, 4) is 0 Å². The van der Waals surface area contributed by atoms with Crippen molar-refractivity contribution in [3.63, 3.8) is 0 Å². The summed E-state index contributed by atoms with van der Waals surface area (Å²) in [6.07, 6.45) is 1.53. The number of nitrogens with one attached hydrogen (secondary N) is 3. The van der Waals surface area contributed by atoms with Crippen molar-refractivity contribution in [2.24, 2.45) is 10.2 Å². The Morgan fingerprint density at radius 1 is 1.37 bits per heavy atom. The van der Waals surface area contributed by atoms with E-state index >= 15 is 0 Å². The minimum atomic E-state index is -0.871. The average Bonchev–Trinajstić information content (AvgIpc) is 3.30. The summed E-state index contributed by atoms with van der Waals surface area (Å²) < 4.78 is 5.40. The van der Waals surface area contributed by atoms with Gasteiger partial charge >= 0.3 is 0 Å². The lowest BCUT2D eigenvalue weighted by Crippen LogP contribution is -2.42. The summed E-state index contributed by atoms with van der Waals surface area (Å²) in [5.74, 6) is -1.42. The monoisotopic (exact) mass is 429 g/mol. The van der Waals surface area contributed by atoms with Gasteiger partial charge in [0.25, 0.3) is 0 Å². The number of hydrogen-bond acceptors (Lipinski definition) is 7. The third-order valence-electron chi connectivity index (χ3n) is 4.50. The van der Waals surface area contributed by atoms with Gasteiger partial charge in [-0.2, -0.15) is 5.10 Å². The Balaban J connectivity index is 1.68. The van der Waals surface area contributed by atoms with Crippen LogP contribution in [0.3, 0.4) is 0 Å². The van der Waals surface area contributed by atoms with Gasteiger partial charge in [0, 0.05) is 36.3 Å². The smallest absolute Gasteiger partial charge is 0.240 e. The molecule has 10 heteroatoms. The van der Waals surface area contributed by atoms with Crippen LogP contribution in [0.2, 0.25) is 0 Å². The molecular formula is C20H23N5O4S. The topological polar surface area (TPSA) is 125 Å². The van der Waals surface area contributed by atoms with E-state index in [2.05, 4.69) is 25.8 Å². The van der Waals surface area contributed by atoms with Crippen molar-refractivity contribution in [2.45, 2.75) is 37.7 Å². The van der Waals surface area contributed by atoms with Gasteiger partial charge in [0.2, 0.25) is 11.8 Å². The van der Waals surface area contributed by atoms with Crippen LogP contribution in [0.4, 0.5) is 0 Å². The summed E-state index contributed by atoms with van der Waals surface area (Å²) in [5.41, 5.74) is 2.36. The highest BCUT2D eigenvalue weighted by Crippen LogP contribution is 2.28. The SMILES string of the molecule is COC(NC(=O)CC1SC(=NN=C(C)C)NC1=O)C(C=O)c1c[nH]c2ccccc12. The number of ether oxygens (including phenoxy) is 1. The first-order valence-electron chi connectivity index (χ1n) is 9.32.